The predicted octanol–water partition coefficient (Wildman–Crippen LogP) is 1.39. The van der Waals surface area contributed by atoms with Crippen LogP contribution in [-0.4, -0.2) is 30.1 Å². The van der Waals surface area contributed by atoms with Crippen molar-refractivity contribution in [1.82, 2.24) is 0 Å². The second kappa shape index (κ2) is 2.95. The summed E-state index contributed by atoms with van der Waals surface area (Å²) in [4.78, 5) is 11.4. The molecule has 2 unspecified atom stereocenters. The Hall–Kier alpha value is -0.610. The number of hydrogen-bond donors (Lipinski definition) is 1. The number of carboxylic acid groups (broad SMARTS) is 1. The average Bonchev–Trinajstić information content (AvgIpc) is 2.57. The van der Waals surface area contributed by atoms with E-state index in [1.54, 1.807) is 0 Å². The molecule has 0 bridgehead atoms. The van der Waals surface area contributed by atoms with Gasteiger partial charge in [0.25, 0.3) is 0 Å². The van der Waals surface area contributed by atoms with Gasteiger partial charge >= 0.3 is 5.97 Å². The van der Waals surface area contributed by atoms with E-state index in [2.05, 4.69) is 0 Å². The van der Waals surface area contributed by atoms with Crippen LogP contribution < -0.4 is 0 Å². The van der Waals surface area contributed by atoms with Gasteiger partial charge in [-0.25, -0.2) is 0 Å². The van der Waals surface area contributed by atoms with E-state index >= 15 is 0 Å². The Morgan fingerprint density at radius 1 is 1.20 bits per heavy atom. The van der Waals surface area contributed by atoms with Crippen molar-refractivity contribution in [3.8, 4) is 0 Å². The Bertz CT molecular complexity index is 295. The van der Waals surface area contributed by atoms with E-state index in [1.807, 2.05) is 0 Å². The number of fused-ring (bicyclic) bond motifs is 2. The van der Waals surface area contributed by atoms with Gasteiger partial charge in [0.1, 0.15) is 0 Å². The lowest BCUT2D eigenvalue weighted by molar-refractivity contribution is -0.274. The van der Waals surface area contributed by atoms with Crippen LogP contribution in [0.3, 0.4) is 0 Å². The Morgan fingerprint density at radius 2 is 1.93 bits per heavy atom. The first-order valence-corrected chi connectivity index (χ1v) is 5.71. The van der Waals surface area contributed by atoms with Gasteiger partial charge in [-0.3, -0.25) is 4.79 Å². The lowest BCUT2D eigenvalue weighted by atomic mass is 9.51. The molecule has 2 aliphatic carbocycles. The molecule has 0 amide bonds. The summed E-state index contributed by atoms with van der Waals surface area (Å²) in [6.45, 7) is 1.23. The summed E-state index contributed by atoms with van der Waals surface area (Å²) in [6, 6.07) is 0. The summed E-state index contributed by atoms with van der Waals surface area (Å²) in [7, 11) is 0. The summed E-state index contributed by atoms with van der Waals surface area (Å²) < 4.78 is 11.4. The van der Waals surface area contributed by atoms with Gasteiger partial charge in [0, 0.05) is 12.3 Å². The van der Waals surface area contributed by atoms with Gasteiger partial charge in [-0.05, 0) is 25.7 Å². The Kier molecular flexibility index (Phi) is 1.89. The van der Waals surface area contributed by atoms with Crippen molar-refractivity contribution >= 4 is 5.97 Å². The molecular weight excluding hydrogens is 196 g/mol. The third kappa shape index (κ3) is 1.06. The molecule has 3 aliphatic rings. The third-order valence-electron chi connectivity index (χ3n) is 4.43. The molecule has 15 heavy (non-hydrogen) atoms. The van der Waals surface area contributed by atoms with Crippen molar-refractivity contribution < 1.29 is 19.4 Å². The molecule has 84 valence electrons. The quantitative estimate of drug-likeness (QED) is 0.713. The van der Waals surface area contributed by atoms with Crippen LogP contribution in [-0.2, 0) is 14.3 Å². The molecule has 0 aromatic rings. The maximum Gasteiger partial charge on any atom is 0.310 e. The number of carboxylic acids is 1. The molecule has 0 aromatic heterocycles. The molecule has 1 heterocycles. The zero-order chi connectivity index (χ0) is 10.5. The predicted molar refractivity (Wildman–Crippen MR) is 51.3 cm³/mol. The number of carbonyl (C=O) groups is 1. The highest BCUT2D eigenvalue weighted by molar-refractivity contribution is 5.76. The second-order valence-corrected chi connectivity index (χ2v) is 4.91. The molecule has 4 heteroatoms. The summed E-state index contributed by atoms with van der Waals surface area (Å²) in [6.07, 6.45) is 4.30. The van der Waals surface area contributed by atoms with E-state index in [9.17, 15) is 9.90 Å². The first kappa shape index (κ1) is 9.60. The number of aliphatic carboxylic acids is 1. The zero-order valence-corrected chi connectivity index (χ0v) is 8.70. The van der Waals surface area contributed by atoms with Gasteiger partial charge in [-0.1, -0.05) is 0 Å². The van der Waals surface area contributed by atoms with Gasteiger partial charge in [0.05, 0.1) is 18.6 Å². The number of hydrogen-bond acceptors (Lipinski definition) is 3. The molecule has 4 nitrogen and oxygen atoms in total. The minimum Gasteiger partial charge on any atom is -0.481 e. The standard InChI is InChI=1S/C11H16O4/c12-9(13)10-3-1-4-11(8(10)2-5-10)14-6-7-15-11/h8H,1-7H2,(H,12,13). The maximum absolute atomic E-state index is 11.4. The second-order valence-electron chi connectivity index (χ2n) is 4.91. The topological polar surface area (TPSA) is 55.8 Å². The van der Waals surface area contributed by atoms with Crippen LogP contribution in [0.25, 0.3) is 0 Å². The fourth-order valence-corrected chi connectivity index (χ4v) is 3.58. The van der Waals surface area contributed by atoms with Crippen molar-refractivity contribution in [1.29, 1.82) is 0 Å². The highest BCUT2D eigenvalue weighted by atomic mass is 16.7. The van der Waals surface area contributed by atoms with Crippen LogP contribution in [0.15, 0.2) is 0 Å². The minimum atomic E-state index is -0.656. The van der Waals surface area contributed by atoms with E-state index in [-0.39, 0.29) is 5.92 Å². The maximum atomic E-state index is 11.4. The van der Waals surface area contributed by atoms with Crippen LogP contribution in [0.1, 0.15) is 32.1 Å². The van der Waals surface area contributed by atoms with E-state index < -0.39 is 17.2 Å². The van der Waals surface area contributed by atoms with Gasteiger partial charge in [-0.2, -0.15) is 0 Å². The molecule has 3 fully saturated rings. The normalized spacial score (nSPS) is 42.3. The van der Waals surface area contributed by atoms with Crippen molar-refractivity contribution in [2.75, 3.05) is 13.2 Å². The average molecular weight is 212 g/mol. The molecule has 3 rings (SSSR count). The van der Waals surface area contributed by atoms with Crippen molar-refractivity contribution in [3.05, 3.63) is 0 Å². The van der Waals surface area contributed by atoms with Gasteiger partial charge in [0.2, 0.25) is 0 Å². The first-order valence-electron chi connectivity index (χ1n) is 5.71. The van der Waals surface area contributed by atoms with E-state index in [1.165, 1.54) is 0 Å². The van der Waals surface area contributed by atoms with Crippen LogP contribution >= 0.6 is 0 Å². The monoisotopic (exact) mass is 212 g/mol. The zero-order valence-electron chi connectivity index (χ0n) is 8.70. The van der Waals surface area contributed by atoms with Gasteiger partial charge < -0.3 is 14.6 Å². The lowest BCUT2D eigenvalue weighted by Gasteiger charge is -2.56. The van der Waals surface area contributed by atoms with Gasteiger partial charge in [0.15, 0.2) is 5.79 Å². The Morgan fingerprint density at radius 3 is 2.47 bits per heavy atom. The molecule has 2 atom stereocenters. The summed E-state index contributed by atoms with van der Waals surface area (Å²) in [5, 5.41) is 9.35. The van der Waals surface area contributed by atoms with Gasteiger partial charge in [-0.15, -0.1) is 0 Å². The van der Waals surface area contributed by atoms with Crippen LogP contribution in [0.2, 0.25) is 0 Å². The molecule has 0 aromatic carbocycles. The number of ether oxygens (including phenoxy) is 2. The van der Waals surface area contributed by atoms with Crippen molar-refractivity contribution in [3.63, 3.8) is 0 Å². The van der Waals surface area contributed by atoms with Crippen LogP contribution in [0.4, 0.5) is 0 Å². The first-order chi connectivity index (χ1) is 7.20. The van der Waals surface area contributed by atoms with E-state index in [0.717, 1.165) is 32.1 Å². The molecule has 1 N–H and O–H groups in total. The minimum absolute atomic E-state index is 0.0822. The molecule has 1 spiro atoms. The van der Waals surface area contributed by atoms with Crippen molar-refractivity contribution in [2.45, 2.75) is 37.9 Å². The van der Waals surface area contributed by atoms with Crippen LogP contribution in [0.5, 0.6) is 0 Å². The lowest BCUT2D eigenvalue weighted by Crippen LogP contribution is -2.60. The number of rotatable bonds is 1. The third-order valence-corrected chi connectivity index (χ3v) is 4.43. The highest BCUT2D eigenvalue weighted by Gasteiger charge is 2.65. The Labute approximate surface area is 88.6 Å². The molecule has 2 saturated carbocycles. The van der Waals surface area contributed by atoms with E-state index in [0.29, 0.717) is 13.2 Å². The summed E-state index contributed by atoms with van der Waals surface area (Å²) in [5.41, 5.74) is -0.539. The largest absolute Gasteiger partial charge is 0.481 e. The van der Waals surface area contributed by atoms with Crippen molar-refractivity contribution in [2.24, 2.45) is 11.3 Å². The summed E-state index contributed by atoms with van der Waals surface area (Å²) >= 11 is 0. The molecule has 1 aliphatic heterocycles. The Balaban J connectivity index is 1.92. The highest BCUT2D eigenvalue weighted by Crippen LogP contribution is 2.61. The summed E-state index contributed by atoms with van der Waals surface area (Å²) in [5.74, 6) is -1.12. The molecular formula is C11H16O4. The smallest absolute Gasteiger partial charge is 0.310 e. The van der Waals surface area contributed by atoms with Crippen LogP contribution in [0, 0.1) is 11.3 Å². The fourth-order valence-electron chi connectivity index (χ4n) is 3.58. The molecule has 0 radical (unpaired) electrons. The SMILES string of the molecule is O=C(O)C12CCCC3(OCCO3)C1CC2. The molecule has 1 saturated heterocycles. The van der Waals surface area contributed by atoms with E-state index in [4.69, 9.17) is 9.47 Å². The fraction of sp³-hybridized carbons (Fsp3) is 0.909.